The van der Waals surface area contributed by atoms with Crippen LogP contribution in [0.1, 0.15) is 36.6 Å². The van der Waals surface area contributed by atoms with Gasteiger partial charge in [0.15, 0.2) is 0 Å². The Labute approximate surface area is 181 Å². The van der Waals surface area contributed by atoms with E-state index in [4.69, 9.17) is 15.6 Å². The summed E-state index contributed by atoms with van der Waals surface area (Å²) in [5, 5.41) is 12.4. The molecule has 0 spiro atoms. The predicted octanol–water partition coefficient (Wildman–Crippen LogP) is 5.15. The van der Waals surface area contributed by atoms with Gasteiger partial charge in [-0.15, -0.1) is 0 Å². The number of hydrogen-bond donors (Lipinski definition) is 3. The van der Waals surface area contributed by atoms with Crippen LogP contribution >= 0.6 is 0 Å². The summed E-state index contributed by atoms with van der Waals surface area (Å²) in [6, 6.07) is 17.6. The van der Waals surface area contributed by atoms with Gasteiger partial charge in [-0.2, -0.15) is 0 Å². The van der Waals surface area contributed by atoms with E-state index in [9.17, 15) is 4.79 Å². The average Bonchev–Trinajstić information content (AvgIpc) is 2.73. The highest BCUT2D eigenvalue weighted by molar-refractivity contribution is 5.72. The van der Waals surface area contributed by atoms with Gasteiger partial charge < -0.3 is 20.9 Å². The van der Waals surface area contributed by atoms with Crippen molar-refractivity contribution in [3.63, 3.8) is 0 Å². The molecule has 3 aromatic carbocycles. The molecule has 0 aliphatic heterocycles. The summed E-state index contributed by atoms with van der Waals surface area (Å²) in [4.78, 5) is 11.1. The van der Waals surface area contributed by atoms with Crippen molar-refractivity contribution < 1.29 is 19.0 Å². The first-order valence-corrected chi connectivity index (χ1v) is 10.2. The van der Waals surface area contributed by atoms with Crippen molar-refractivity contribution in [2.45, 2.75) is 32.9 Å². The molecule has 0 aliphatic rings. The molecule has 0 aliphatic carbocycles. The molecule has 0 fully saturated rings. The molecule has 3 rings (SSSR count). The van der Waals surface area contributed by atoms with E-state index in [1.165, 1.54) is 0 Å². The molecule has 3 aromatic rings. The molecular formula is C25H27FN2O3. The van der Waals surface area contributed by atoms with Gasteiger partial charge in [-0.1, -0.05) is 36.4 Å². The number of aliphatic carboxylic acids is 1. The maximum Gasteiger partial charge on any atom is 0.307 e. The van der Waals surface area contributed by atoms with Gasteiger partial charge in [0.25, 0.3) is 0 Å². The van der Waals surface area contributed by atoms with E-state index >= 15 is 4.39 Å². The van der Waals surface area contributed by atoms with Gasteiger partial charge >= 0.3 is 5.97 Å². The maximum absolute atomic E-state index is 15.1. The molecule has 6 heteroatoms. The second-order valence-corrected chi connectivity index (χ2v) is 7.41. The molecule has 1 atom stereocenters. The Kier molecular flexibility index (Phi) is 7.26. The quantitative estimate of drug-likeness (QED) is 0.444. The first-order valence-electron chi connectivity index (χ1n) is 10.2. The fourth-order valence-corrected chi connectivity index (χ4v) is 3.48. The number of carbonyl (C=O) groups is 1. The largest absolute Gasteiger partial charge is 0.489 e. The molecule has 162 valence electrons. The van der Waals surface area contributed by atoms with Crippen molar-refractivity contribution in [2.24, 2.45) is 5.73 Å². The SMILES string of the molecule is CCNc1cc(COc2ccccc2CC(=O)O)cc(-c2cccc([C@@H](C)N)c2F)c1. The van der Waals surface area contributed by atoms with Gasteiger partial charge in [0.1, 0.15) is 18.2 Å². The van der Waals surface area contributed by atoms with Crippen molar-refractivity contribution in [1.82, 2.24) is 0 Å². The van der Waals surface area contributed by atoms with Gasteiger partial charge in [-0.25, -0.2) is 4.39 Å². The molecule has 0 amide bonds. The van der Waals surface area contributed by atoms with E-state index in [1.54, 1.807) is 49.4 Å². The second-order valence-electron chi connectivity index (χ2n) is 7.41. The zero-order valence-electron chi connectivity index (χ0n) is 17.7. The molecule has 0 unspecified atom stereocenters. The second kappa shape index (κ2) is 10.1. The Morgan fingerprint density at radius 1 is 1.16 bits per heavy atom. The van der Waals surface area contributed by atoms with Crippen LogP contribution in [0.3, 0.4) is 0 Å². The van der Waals surface area contributed by atoms with E-state index in [1.807, 2.05) is 25.1 Å². The topological polar surface area (TPSA) is 84.6 Å². The van der Waals surface area contributed by atoms with Crippen molar-refractivity contribution in [1.29, 1.82) is 0 Å². The van der Waals surface area contributed by atoms with E-state index in [0.29, 0.717) is 29.0 Å². The molecule has 0 bridgehead atoms. The van der Waals surface area contributed by atoms with Crippen LogP contribution < -0.4 is 15.8 Å². The fraction of sp³-hybridized carbons (Fsp3) is 0.240. The maximum atomic E-state index is 15.1. The molecule has 0 saturated heterocycles. The zero-order valence-corrected chi connectivity index (χ0v) is 17.7. The van der Waals surface area contributed by atoms with Crippen molar-refractivity contribution in [3.05, 3.63) is 83.2 Å². The summed E-state index contributed by atoms with van der Waals surface area (Å²) < 4.78 is 21.0. The summed E-state index contributed by atoms with van der Waals surface area (Å²) in [7, 11) is 0. The van der Waals surface area contributed by atoms with E-state index in [0.717, 1.165) is 16.8 Å². The van der Waals surface area contributed by atoms with Gasteiger partial charge in [0, 0.05) is 35.0 Å². The standard InChI is InChI=1S/C25H27FN2O3/c1-3-28-20-12-17(15-31-23-10-5-4-7-18(23)14-24(29)30)11-19(13-20)22-9-6-8-21(16(2)27)25(22)26/h4-13,16,28H,3,14-15,27H2,1-2H3,(H,29,30)/t16-/m1/s1. The molecule has 4 N–H and O–H groups in total. The minimum atomic E-state index is -0.919. The monoisotopic (exact) mass is 422 g/mol. The Balaban J connectivity index is 1.94. The predicted molar refractivity (Wildman–Crippen MR) is 121 cm³/mol. The molecular weight excluding hydrogens is 395 g/mol. The van der Waals surface area contributed by atoms with Gasteiger partial charge in [-0.05, 0) is 49.2 Å². The van der Waals surface area contributed by atoms with Crippen LogP contribution in [0.15, 0.2) is 60.7 Å². The van der Waals surface area contributed by atoms with Crippen LogP contribution in [0.2, 0.25) is 0 Å². The summed E-state index contributed by atoms with van der Waals surface area (Å²) in [5.74, 6) is -0.729. The highest BCUT2D eigenvalue weighted by Gasteiger charge is 2.14. The van der Waals surface area contributed by atoms with Crippen molar-refractivity contribution in [3.8, 4) is 16.9 Å². The smallest absolute Gasteiger partial charge is 0.307 e. The number of nitrogens with two attached hydrogens (primary N) is 1. The lowest BCUT2D eigenvalue weighted by molar-refractivity contribution is -0.136. The van der Waals surface area contributed by atoms with E-state index in [2.05, 4.69) is 5.32 Å². The highest BCUT2D eigenvalue weighted by Crippen LogP contribution is 2.31. The Morgan fingerprint density at radius 3 is 2.65 bits per heavy atom. The normalized spacial score (nSPS) is 11.7. The molecule has 0 aromatic heterocycles. The number of carboxylic acid groups (broad SMARTS) is 1. The zero-order chi connectivity index (χ0) is 22.4. The molecule has 0 heterocycles. The van der Waals surface area contributed by atoms with E-state index < -0.39 is 12.0 Å². The highest BCUT2D eigenvalue weighted by atomic mass is 19.1. The first kappa shape index (κ1) is 22.3. The van der Waals surface area contributed by atoms with Crippen LogP contribution in [0.4, 0.5) is 10.1 Å². The van der Waals surface area contributed by atoms with Crippen molar-refractivity contribution in [2.75, 3.05) is 11.9 Å². The molecule has 31 heavy (non-hydrogen) atoms. The van der Waals surface area contributed by atoms with E-state index in [-0.39, 0.29) is 18.8 Å². The number of carboxylic acids is 1. The Hall–Kier alpha value is -3.38. The Bertz CT molecular complexity index is 1070. The van der Waals surface area contributed by atoms with Crippen LogP contribution in [0.5, 0.6) is 5.75 Å². The molecule has 0 saturated carbocycles. The minimum absolute atomic E-state index is 0.117. The molecule has 0 radical (unpaired) electrons. The Morgan fingerprint density at radius 2 is 1.94 bits per heavy atom. The summed E-state index contributed by atoms with van der Waals surface area (Å²) in [6.45, 7) is 4.68. The van der Waals surface area contributed by atoms with Crippen molar-refractivity contribution >= 4 is 11.7 Å². The number of halogens is 1. The lowest BCUT2D eigenvalue weighted by atomic mass is 9.97. The van der Waals surface area contributed by atoms with Crippen LogP contribution in [-0.2, 0) is 17.8 Å². The summed E-state index contributed by atoms with van der Waals surface area (Å²) in [5.41, 5.74) is 9.87. The lowest BCUT2D eigenvalue weighted by Crippen LogP contribution is -2.08. The van der Waals surface area contributed by atoms with Gasteiger partial charge in [0.05, 0.1) is 6.42 Å². The van der Waals surface area contributed by atoms with Crippen LogP contribution in [-0.4, -0.2) is 17.6 Å². The van der Waals surface area contributed by atoms with Crippen LogP contribution in [0, 0.1) is 5.82 Å². The third kappa shape index (κ3) is 5.61. The number of benzene rings is 3. The van der Waals surface area contributed by atoms with Crippen LogP contribution in [0.25, 0.3) is 11.1 Å². The summed E-state index contributed by atoms with van der Waals surface area (Å²) >= 11 is 0. The third-order valence-corrected chi connectivity index (χ3v) is 4.91. The minimum Gasteiger partial charge on any atom is -0.489 e. The number of anilines is 1. The van der Waals surface area contributed by atoms with Gasteiger partial charge in [0.2, 0.25) is 0 Å². The number of para-hydroxylation sites is 1. The summed E-state index contributed by atoms with van der Waals surface area (Å²) in [6.07, 6.45) is -0.117. The van der Waals surface area contributed by atoms with Gasteiger partial charge in [-0.3, -0.25) is 4.79 Å². The lowest BCUT2D eigenvalue weighted by Gasteiger charge is -2.15. The molecule has 5 nitrogen and oxygen atoms in total. The first-order chi connectivity index (χ1) is 14.9. The average molecular weight is 423 g/mol. The third-order valence-electron chi connectivity index (χ3n) is 4.91. The number of rotatable bonds is 9. The number of nitrogens with one attached hydrogen (secondary N) is 1. The number of ether oxygens (including phenoxy) is 1. The fourth-order valence-electron chi connectivity index (χ4n) is 3.48. The number of hydrogen-bond acceptors (Lipinski definition) is 4.